The van der Waals surface area contributed by atoms with Crippen molar-refractivity contribution >= 4 is 5.91 Å². The van der Waals surface area contributed by atoms with Gasteiger partial charge < -0.3 is 9.47 Å². The van der Waals surface area contributed by atoms with Gasteiger partial charge in [-0.3, -0.25) is 9.78 Å². The largest absolute Gasteiger partial charge is 0.342 e. The first-order chi connectivity index (χ1) is 13.7. The van der Waals surface area contributed by atoms with Crippen LogP contribution in [0.3, 0.4) is 0 Å². The monoisotopic (exact) mass is 378 g/mol. The van der Waals surface area contributed by atoms with Gasteiger partial charge >= 0.3 is 0 Å². The lowest BCUT2D eigenvalue weighted by Crippen LogP contribution is -2.40. The Morgan fingerprint density at radius 3 is 2.75 bits per heavy atom. The van der Waals surface area contributed by atoms with Crippen LogP contribution in [0, 0.1) is 5.82 Å². The second-order valence-corrected chi connectivity index (χ2v) is 7.22. The number of carbonyl (C=O) groups excluding carboxylic acids is 1. The van der Waals surface area contributed by atoms with E-state index in [1.165, 1.54) is 12.1 Å². The fourth-order valence-electron chi connectivity index (χ4n) is 3.78. The third kappa shape index (κ3) is 4.27. The number of likely N-dealkylation sites (tertiary alicyclic amines) is 1. The van der Waals surface area contributed by atoms with E-state index in [1.54, 1.807) is 18.3 Å². The first-order valence-electron chi connectivity index (χ1n) is 9.62. The Morgan fingerprint density at radius 1 is 1.11 bits per heavy atom. The number of hydrogen-bond acceptors (Lipinski definition) is 3. The van der Waals surface area contributed by atoms with Crippen LogP contribution in [-0.2, 0) is 17.8 Å². The smallest absolute Gasteiger partial charge is 0.227 e. The molecule has 0 N–H and O–H groups in total. The number of halogens is 1. The van der Waals surface area contributed by atoms with E-state index in [0.29, 0.717) is 19.5 Å². The van der Waals surface area contributed by atoms with Gasteiger partial charge in [-0.15, -0.1) is 0 Å². The predicted octanol–water partition coefficient (Wildman–Crippen LogP) is 3.41. The number of nitrogens with zero attached hydrogens (tertiary/aromatic N) is 4. The third-order valence-corrected chi connectivity index (χ3v) is 5.21. The Bertz CT molecular complexity index is 923. The van der Waals surface area contributed by atoms with Gasteiger partial charge in [0.1, 0.15) is 11.6 Å². The first-order valence-corrected chi connectivity index (χ1v) is 9.62. The molecular formula is C22H23FN4O. The number of hydrogen-bond donors (Lipinski definition) is 0. The quantitative estimate of drug-likeness (QED) is 0.684. The number of rotatable bonds is 5. The maximum atomic E-state index is 13.1. The molecule has 0 aliphatic carbocycles. The molecule has 0 saturated carbocycles. The van der Waals surface area contributed by atoms with Gasteiger partial charge in [-0.25, -0.2) is 9.37 Å². The highest BCUT2D eigenvalue weighted by Crippen LogP contribution is 2.26. The van der Waals surface area contributed by atoms with Gasteiger partial charge in [-0.05, 0) is 42.7 Å². The molecule has 2 aromatic heterocycles. The molecule has 144 valence electrons. The van der Waals surface area contributed by atoms with E-state index in [9.17, 15) is 9.18 Å². The Balaban J connectivity index is 1.43. The van der Waals surface area contributed by atoms with Crippen LogP contribution in [0.4, 0.5) is 4.39 Å². The van der Waals surface area contributed by atoms with Crippen molar-refractivity contribution in [3.05, 3.63) is 84.0 Å². The van der Waals surface area contributed by atoms with Gasteiger partial charge in [0.2, 0.25) is 5.91 Å². The molecule has 3 aromatic rings. The molecule has 1 saturated heterocycles. The highest BCUT2D eigenvalue weighted by atomic mass is 19.1. The van der Waals surface area contributed by atoms with E-state index in [4.69, 9.17) is 0 Å². The summed E-state index contributed by atoms with van der Waals surface area (Å²) in [4.78, 5) is 23.6. The fourth-order valence-corrected chi connectivity index (χ4v) is 3.78. The third-order valence-electron chi connectivity index (χ3n) is 5.21. The summed E-state index contributed by atoms with van der Waals surface area (Å²) in [6.45, 7) is 2.10. The van der Waals surface area contributed by atoms with Crippen molar-refractivity contribution in [2.24, 2.45) is 0 Å². The van der Waals surface area contributed by atoms with E-state index in [2.05, 4.69) is 14.5 Å². The molecule has 28 heavy (non-hydrogen) atoms. The minimum Gasteiger partial charge on any atom is -0.342 e. The van der Waals surface area contributed by atoms with E-state index in [1.807, 2.05) is 35.5 Å². The lowest BCUT2D eigenvalue weighted by molar-refractivity contribution is -0.131. The molecule has 1 atom stereocenters. The first kappa shape index (κ1) is 18.3. The molecule has 4 rings (SSSR count). The van der Waals surface area contributed by atoms with Crippen LogP contribution in [0.2, 0.25) is 0 Å². The lowest BCUT2D eigenvalue weighted by Gasteiger charge is -2.33. The lowest BCUT2D eigenvalue weighted by atomic mass is 9.96. The summed E-state index contributed by atoms with van der Waals surface area (Å²) in [6, 6.07) is 12.0. The van der Waals surface area contributed by atoms with Gasteiger partial charge in [-0.2, -0.15) is 0 Å². The van der Waals surface area contributed by atoms with Crippen LogP contribution in [0.25, 0.3) is 0 Å². The SMILES string of the molecule is O=C(Cc1ccc(F)cc1)N1CCC[C@@H](c2nccn2Cc2ccccn2)C1. The fraction of sp³-hybridized carbons (Fsp3) is 0.318. The summed E-state index contributed by atoms with van der Waals surface area (Å²) in [7, 11) is 0. The highest BCUT2D eigenvalue weighted by Gasteiger charge is 2.27. The van der Waals surface area contributed by atoms with Gasteiger partial charge in [0.05, 0.1) is 18.7 Å². The zero-order valence-electron chi connectivity index (χ0n) is 15.7. The highest BCUT2D eigenvalue weighted by molar-refractivity contribution is 5.79. The maximum Gasteiger partial charge on any atom is 0.227 e. The summed E-state index contributed by atoms with van der Waals surface area (Å²) < 4.78 is 15.2. The number of aromatic nitrogens is 3. The molecule has 1 fully saturated rings. The van der Waals surface area contributed by atoms with Crippen molar-refractivity contribution in [1.82, 2.24) is 19.4 Å². The Labute approximate surface area is 163 Å². The summed E-state index contributed by atoms with van der Waals surface area (Å²) in [6.07, 6.45) is 7.86. The molecular weight excluding hydrogens is 355 g/mol. The second kappa shape index (κ2) is 8.33. The minimum atomic E-state index is -0.283. The average molecular weight is 378 g/mol. The normalized spacial score (nSPS) is 16.9. The van der Waals surface area contributed by atoms with Crippen molar-refractivity contribution < 1.29 is 9.18 Å². The Kier molecular flexibility index (Phi) is 5.46. The topological polar surface area (TPSA) is 51.0 Å². The molecule has 5 nitrogen and oxygen atoms in total. The summed E-state index contributed by atoms with van der Waals surface area (Å²) >= 11 is 0. The molecule has 1 aliphatic heterocycles. The molecule has 3 heterocycles. The standard InChI is InChI=1S/C22H23FN4O/c23-19-8-6-17(7-9-19)14-21(28)26-12-3-4-18(15-26)22-25-11-13-27(22)16-20-5-1-2-10-24-20/h1-2,5-11,13,18H,3-4,12,14-16H2/t18-/m1/s1. The van der Waals surface area contributed by atoms with Gasteiger partial charge in [-0.1, -0.05) is 18.2 Å². The molecule has 0 radical (unpaired) electrons. The summed E-state index contributed by atoms with van der Waals surface area (Å²) in [5.74, 6) is 1.02. The maximum absolute atomic E-state index is 13.1. The van der Waals surface area contributed by atoms with Crippen LogP contribution in [0.1, 0.15) is 35.8 Å². The number of imidazole rings is 1. The number of pyridine rings is 1. The number of benzene rings is 1. The van der Waals surface area contributed by atoms with Crippen LogP contribution < -0.4 is 0 Å². The van der Waals surface area contributed by atoms with Crippen molar-refractivity contribution in [3.8, 4) is 0 Å². The van der Waals surface area contributed by atoms with E-state index in [0.717, 1.165) is 36.5 Å². The van der Waals surface area contributed by atoms with Gasteiger partial charge in [0.25, 0.3) is 0 Å². The van der Waals surface area contributed by atoms with Crippen molar-refractivity contribution in [1.29, 1.82) is 0 Å². The molecule has 1 aliphatic rings. The molecule has 1 aromatic carbocycles. The molecule has 6 heteroatoms. The zero-order valence-corrected chi connectivity index (χ0v) is 15.7. The number of piperidine rings is 1. The van der Waals surface area contributed by atoms with Gasteiger partial charge in [0.15, 0.2) is 0 Å². The van der Waals surface area contributed by atoms with E-state index >= 15 is 0 Å². The van der Waals surface area contributed by atoms with Crippen LogP contribution in [0.5, 0.6) is 0 Å². The number of carbonyl (C=O) groups is 1. The zero-order chi connectivity index (χ0) is 19.3. The van der Waals surface area contributed by atoms with E-state index < -0.39 is 0 Å². The van der Waals surface area contributed by atoms with Crippen molar-refractivity contribution in [2.45, 2.75) is 31.7 Å². The Morgan fingerprint density at radius 2 is 1.96 bits per heavy atom. The molecule has 0 spiro atoms. The summed E-state index contributed by atoms with van der Waals surface area (Å²) in [5, 5.41) is 0. The van der Waals surface area contributed by atoms with Crippen LogP contribution >= 0.6 is 0 Å². The second-order valence-electron chi connectivity index (χ2n) is 7.22. The minimum absolute atomic E-state index is 0.0825. The predicted molar refractivity (Wildman–Crippen MR) is 104 cm³/mol. The van der Waals surface area contributed by atoms with Crippen LogP contribution in [-0.4, -0.2) is 38.4 Å². The van der Waals surface area contributed by atoms with Gasteiger partial charge in [0, 0.05) is 37.6 Å². The number of amides is 1. The molecule has 0 bridgehead atoms. The van der Waals surface area contributed by atoms with Crippen molar-refractivity contribution in [2.75, 3.05) is 13.1 Å². The average Bonchev–Trinajstić information content (AvgIpc) is 3.19. The Hall–Kier alpha value is -3.02. The summed E-state index contributed by atoms with van der Waals surface area (Å²) in [5.41, 5.74) is 1.83. The van der Waals surface area contributed by atoms with E-state index in [-0.39, 0.29) is 17.6 Å². The molecule has 1 amide bonds. The van der Waals surface area contributed by atoms with Crippen molar-refractivity contribution in [3.63, 3.8) is 0 Å². The molecule has 0 unspecified atom stereocenters. The van der Waals surface area contributed by atoms with Crippen LogP contribution in [0.15, 0.2) is 61.1 Å².